The highest BCUT2D eigenvalue weighted by Gasteiger charge is 2.50. The second-order valence-electron chi connectivity index (χ2n) is 8.78. The van der Waals surface area contributed by atoms with Crippen LogP contribution in [0.1, 0.15) is 29.6 Å². The van der Waals surface area contributed by atoms with Crippen LogP contribution in [-0.4, -0.2) is 56.3 Å². The molecule has 0 radical (unpaired) electrons. The molecule has 2 atom stereocenters. The predicted octanol–water partition coefficient (Wildman–Crippen LogP) is 2.09. The van der Waals surface area contributed by atoms with Gasteiger partial charge in [0.25, 0.3) is 5.91 Å². The van der Waals surface area contributed by atoms with Crippen molar-refractivity contribution in [1.82, 2.24) is 19.9 Å². The van der Waals surface area contributed by atoms with Crippen LogP contribution in [0.15, 0.2) is 41.5 Å². The normalized spacial score (nSPS) is 19.1. The van der Waals surface area contributed by atoms with Gasteiger partial charge < -0.3 is 10.4 Å². The Balaban J connectivity index is 1.66. The highest BCUT2D eigenvalue weighted by atomic mass is 19.4. The molecule has 0 aromatic carbocycles. The fourth-order valence-electron chi connectivity index (χ4n) is 4.25. The Labute approximate surface area is 200 Å². The lowest BCUT2D eigenvalue weighted by molar-refractivity contribution is -0.158. The maximum atomic E-state index is 14.7. The van der Waals surface area contributed by atoms with Crippen molar-refractivity contribution in [3.8, 4) is 5.82 Å². The standard InChI is InChI=1S/C23H19F4N5O4/c24-15-2-1-7-28-21(15)32-10-14(22(36)30-19(11-3-4-11)23(25,26)27)18(35)13-5-6-16(29-20(13)32)31-9-12(33)8-17(31)34/h1-2,5-7,10-12,19,33H,3-4,8-9H2,(H,30,36). The molecule has 1 saturated heterocycles. The van der Waals surface area contributed by atoms with Crippen LogP contribution in [0.25, 0.3) is 16.9 Å². The first-order valence-corrected chi connectivity index (χ1v) is 11.1. The molecule has 1 aliphatic heterocycles. The molecule has 3 aromatic heterocycles. The summed E-state index contributed by atoms with van der Waals surface area (Å²) in [5.41, 5.74) is -1.74. The smallest absolute Gasteiger partial charge is 0.391 e. The third kappa shape index (κ3) is 4.30. The van der Waals surface area contributed by atoms with Gasteiger partial charge in [-0.2, -0.15) is 13.2 Å². The Morgan fingerprint density at radius 1 is 1.19 bits per heavy atom. The second-order valence-corrected chi connectivity index (χ2v) is 8.78. The van der Waals surface area contributed by atoms with Crippen LogP contribution in [-0.2, 0) is 4.79 Å². The molecule has 2 aliphatic rings. The molecule has 3 aromatic rings. The quantitative estimate of drug-likeness (QED) is 0.513. The van der Waals surface area contributed by atoms with E-state index >= 15 is 0 Å². The number of anilines is 1. The Hall–Kier alpha value is -3.87. The molecule has 1 aliphatic carbocycles. The molecule has 5 rings (SSSR count). The summed E-state index contributed by atoms with van der Waals surface area (Å²) >= 11 is 0. The molecule has 188 valence electrons. The first-order chi connectivity index (χ1) is 17.0. The van der Waals surface area contributed by atoms with Crippen molar-refractivity contribution in [3.05, 3.63) is 58.3 Å². The van der Waals surface area contributed by atoms with Crippen LogP contribution in [0.4, 0.5) is 23.4 Å². The number of fused-ring (bicyclic) bond motifs is 1. The minimum absolute atomic E-state index is 0.0417. The third-order valence-corrected chi connectivity index (χ3v) is 6.16. The molecule has 13 heteroatoms. The minimum atomic E-state index is -4.71. The summed E-state index contributed by atoms with van der Waals surface area (Å²) in [6.07, 6.45) is -3.01. The monoisotopic (exact) mass is 505 g/mol. The number of carbonyl (C=O) groups is 2. The lowest BCUT2D eigenvalue weighted by atomic mass is 10.1. The number of hydrogen-bond donors (Lipinski definition) is 2. The van der Waals surface area contributed by atoms with E-state index in [-0.39, 0.29) is 35.6 Å². The number of rotatable bonds is 5. The van der Waals surface area contributed by atoms with Gasteiger partial charge >= 0.3 is 6.18 Å². The molecule has 2 N–H and O–H groups in total. The number of nitrogens with zero attached hydrogens (tertiary/aromatic N) is 4. The maximum absolute atomic E-state index is 14.7. The van der Waals surface area contributed by atoms with Crippen molar-refractivity contribution in [2.75, 3.05) is 11.4 Å². The van der Waals surface area contributed by atoms with Gasteiger partial charge in [-0.05, 0) is 43.0 Å². The molecule has 36 heavy (non-hydrogen) atoms. The molecule has 2 fully saturated rings. The predicted molar refractivity (Wildman–Crippen MR) is 118 cm³/mol. The van der Waals surface area contributed by atoms with Gasteiger partial charge in [-0.15, -0.1) is 0 Å². The van der Waals surface area contributed by atoms with Gasteiger partial charge in [0, 0.05) is 12.4 Å². The zero-order valence-corrected chi connectivity index (χ0v) is 18.5. The highest BCUT2D eigenvalue weighted by Crippen LogP contribution is 2.40. The van der Waals surface area contributed by atoms with E-state index in [2.05, 4.69) is 9.97 Å². The van der Waals surface area contributed by atoms with Crippen molar-refractivity contribution in [2.45, 2.75) is 37.6 Å². The van der Waals surface area contributed by atoms with E-state index in [9.17, 15) is 37.1 Å². The number of aliphatic hydroxyl groups excluding tert-OH is 1. The number of pyridine rings is 3. The number of carbonyl (C=O) groups excluding carboxylic acids is 2. The van der Waals surface area contributed by atoms with E-state index in [4.69, 9.17) is 0 Å². The zero-order valence-electron chi connectivity index (χ0n) is 18.5. The topological polar surface area (TPSA) is 117 Å². The average molecular weight is 505 g/mol. The van der Waals surface area contributed by atoms with Gasteiger partial charge in [-0.1, -0.05) is 0 Å². The summed E-state index contributed by atoms with van der Waals surface area (Å²) in [4.78, 5) is 47.7. The van der Waals surface area contributed by atoms with Crippen molar-refractivity contribution in [1.29, 1.82) is 0 Å². The fourth-order valence-corrected chi connectivity index (χ4v) is 4.25. The summed E-state index contributed by atoms with van der Waals surface area (Å²) < 4.78 is 56.1. The van der Waals surface area contributed by atoms with E-state index in [1.807, 2.05) is 5.32 Å². The summed E-state index contributed by atoms with van der Waals surface area (Å²) in [6, 6.07) is 2.82. The van der Waals surface area contributed by atoms with E-state index < -0.39 is 52.9 Å². The van der Waals surface area contributed by atoms with E-state index in [1.165, 1.54) is 29.3 Å². The Bertz CT molecular complexity index is 1440. The lowest BCUT2D eigenvalue weighted by Gasteiger charge is -2.22. The van der Waals surface area contributed by atoms with Gasteiger partial charge in [-0.25, -0.2) is 14.4 Å². The molecule has 2 amide bonds. The number of aliphatic hydroxyl groups is 1. The molecule has 0 bridgehead atoms. The minimum Gasteiger partial charge on any atom is -0.391 e. The fraction of sp³-hybridized carbons (Fsp3) is 0.348. The largest absolute Gasteiger partial charge is 0.408 e. The van der Waals surface area contributed by atoms with Crippen LogP contribution in [0, 0.1) is 11.7 Å². The number of halogens is 4. The van der Waals surface area contributed by atoms with Crippen molar-refractivity contribution in [2.24, 2.45) is 5.92 Å². The van der Waals surface area contributed by atoms with E-state index in [0.717, 1.165) is 16.8 Å². The number of hydrogen-bond acceptors (Lipinski definition) is 6. The van der Waals surface area contributed by atoms with Crippen LogP contribution in [0.5, 0.6) is 0 Å². The maximum Gasteiger partial charge on any atom is 0.408 e. The van der Waals surface area contributed by atoms with Crippen LogP contribution in [0.2, 0.25) is 0 Å². The Kier molecular flexibility index (Phi) is 5.74. The molecule has 0 spiro atoms. The van der Waals surface area contributed by atoms with Gasteiger partial charge in [0.1, 0.15) is 17.4 Å². The van der Waals surface area contributed by atoms with Crippen LogP contribution < -0.4 is 15.6 Å². The van der Waals surface area contributed by atoms with Crippen molar-refractivity contribution >= 4 is 28.7 Å². The highest BCUT2D eigenvalue weighted by molar-refractivity contribution is 5.99. The van der Waals surface area contributed by atoms with Crippen molar-refractivity contribution < 1.29 is 32.3 Å². The lowest BCUT2D eigenvalue weighted by Crippen LogP contribution is -2.48. The molecular formula is C23H19F4N5O4. The second kappa shape index (κ2) is 8.66. The Morgan fingerprint density at radius 3 is 2.56 bits per heavy atom. The summed E-state index contributed by atoms with van der Waals surface area (Å²) in [5, 5.41) is 11.5. The van der Waals surface area contributed by atoms with Crippen LogP contribution >= 0.6 is 0 Å². The molecule has 4 heterocycles. The molecular weight excluding hydrogens is 486 g/mol. The van der Waals surface area contributed by atoms with Gasteiger partial charge in [0.2, 0.25) is 11.3 Å². The summed E-state index contributed by atoms with van der Waals surface area (Å²) in [5.74, 6) is -3.59. The number of alkyl halides is 3. The van der Waals surface area contributed by atoms with Gasteiger partial charge in [-0.3, -0.25) is 23.9 Å². The van der Waals surface area contributed by atoms with Gasteiger partial charge in [0.15, 0.2) is 17.3 Å². The van der Waals surface area contributed by atoms with Gasteiger partial charge in [0.05, 0.1) is 24.5 Å². The summed E-state index contributed by atoms with van der Waals surface area (Å²) in [6.45, 7) is -0.0417. The first-order valence-electron chi connectivity index (χ1n) is 11.1. The Morgan fingerprint density at radius 2 is 1.94 bits per heavy atom. The zero-order chi connectivity index (χ0) is 25.8. The number of nitrogens with one attached hydrogen (secondary N) is 1. The number of amides is 2. The average Bonchev–Trinajstić information content (AvgIpc) is 3.60. The van der Waals surface area contributed by atoms with E-state index in [1.54, 1.807) is 0 Å². The first kappa shape index (κ1) is 23.9. The SMILES string of the molecule is O=C(NC(C1CC1)C(F)(F)F)c1cn(-c2ncccc2F)c2nc(N3CC(O)CC3=O)ccc2c1=O. The molecule has 9 nitrogen and oxygen atoms in total. The summed E-state index contributed by atoms with van der Waals surface area (Å²) in [7, 11) is 0. The van der Waals surface area contributed by atoms with Crippen molar-refractivity contribution in [3.63, 3.8) is 0 Å². The third-order valence-electron chi connectivity index (χ3n) is 6.16. The van der Waals surface area contributed by atoms with Crippen LogP contribution in [0.3, 0.4) is 0 Å². The molecule has 1 saturated carbocycles. The number of β-amino-alcohol motifs (C(OH)–C–C–N with tert-alkyl or cyclic N) is 1. The van der Waals surface area contributed by atoms with E-state index in [0.29, 0.717) is 12.8 Å². The molecule has 2 unspecified atom stereocenters. The number of aromatic nitrogens is 3.